The largest absolute Gasteiger partial charge is 0.503 e. The minimum atomic E-state index is -0.662. The fraction of sp³-hybridized carbons (Fsp3) is 0.417. The van der Waals surface area contributed by atoms with Crippen molar-refractivity contribution in [2.24, 2.45) is 5.92 Å². The number of hydrogen-bond donors (Lipinski definition) is 0. The first-order chi connectivity index (χ1) is 7.59. The van der Waals surface area contributed by atoms with Crippen molar-refractivity contribution >= 4 is 19.1 Å². The summed E-state index contributed by atoms with van der Waals surface area (Å²) in [6.07, 6.45) is -0.804. The first-order valence-electron chi connectivity index (χ1n) is 5.35. The van der Waals surface area contributed by atoms with Crippen LogP contribution in [0.25, 0.3) is 0 Å². The van der Waals surface area contributed by atoms with Gasteiger partial charge in [-0.05, 0) is 18.3 Å². The van der Waals surface area contributed by atoms with Gasteiger partial charge in [0.2, 0.25) is 0 Å². The van der Waals surface area contributed by atoms with E-state index in [4.69, 9.17) is 9.39 Å². The lowest BCUT2D eigenvalue weighted by Crippen LogP contribution is -2.25. The summed E-state index contributed by atoms with van der Waals surface area (Å²) < 4.78 is 9.90. The molecule has 0 saturated carbocycles. The molecule has 85 valence electrons. The van der Waals surface area contributed by atoms with Crippen LogP contribution in [0.15, 0.2) is 30.3 Å². The van der Waals surface area contributed by atoms with Gasteiger partial charge < -0.3 is 9.39 Å². The smallest absolute Gasteiger partial charge is 0.490 e. The van der Waals surface area contributed by atoms with Crippen LogP contribution in [0.5, 0.6) is 0 Å². The Morgan fingerprint density at radius 3 is 2.38 bits per heavy atom. The molecule has 0 aliphatic heterocycles. The average Bonchev–Trinajstić information content (AvgIpc) is 2.27. The van der Waals surface area contributed by atoms with Crippen molar-refractivity contribution in [3.8, 4) is 0 Å². The maximum atomic E-state index is 11.3. The van der Waals surface area contributed by atoms with Crippen LogP contribution in [0.2, 0.25) is 0 Å². The molecule has 0 heterocycles. The third-order valence-electron chi connectivity index (χ3n) is 2.31. The fourth-order valence-corrected chi connectivity index (χ4v) is 0.963. The highest BCUT2D eigenvalue weighted by atomic mass is 16.7. The van der Waals surface area contributed by atoms with Crippen molar-refractivity contribution in [3.05, 3.63) is 30.3 Å². The van der Waals surface area contributed by atoms with Crippen molar-refractivity contribution < 1.29 is 14.2 Å². The topological polar surface area (TPSA) is 35.5 Å². The van der Waals surface area contributed by atoms with E-state index in [1.165, 1.54) is 7.48 Å². The highest BCUT2D eigenvalue weighted by Gasteiger charge is 2.14. The first kappa shape index (κ1) is 12.6. The molecule has 0 N–H and O–H groups in total. The van der Waals surface area contributed by atoms with Crippen molar-refractivity contribution in [2.75, 3.05) is 0 Å². The summed E-state index contributed by atoms with van der Waals surface area (Å²) in [6, 6.07) is 9.34. The second kappa shape index (κ2) is 6.21. The Morgan fingerprint density at radius 1 is 1.19 bits per heavy atom. The molecule has 1 aromatic rings. The van der Waals surface area contributed by atoms with Gasteiger partial charge in [-0.3, -0.25) is 0 Å². The van der Waals surface area contributed by atoms with Crippen molar-refractivity contribution in [1.82, 2.24) is 0 Å². The molecule has 3 nitrogen and oxygen atoms in total. The molecule has 0 aromatic heterocycles. The first-order valence-corrected chi connectivity index (χ1v) is 5.35. The maximum absolute atomic E-state index is 11.3. The van der Waals surface area contributed by atoms with Crippen LogP contribution in [-0.4, -0.2) is 19.7 Å². The molecule has 0 bridgehead atoms. The van der Waals surface area contributed by atoms with E-state index in [9.17, 15) is 4.79 Å². The Hall–Kier alpha value is -1.45. The van der Waals surface area contributed by atoms with Gasteiger partial charge in [0, 0.05) is 0 Å². The van der Waals surface area contributed by atoms with Crippen LogP contribution in [0.3, 0.4) is 0 Å². The van der Waals surface area contributed by atoms with E-state index in [1.807, 2.05) is 51.1 Å². The van der Waals surface area contributed by atoms with Crippen molar-refractivity contribution in [1.29, 1.82) is 0 Å². The van der Waals surface area contributed by atoms with Crippen LogP contribution < -0.4 is 5.46 Å². The summed E-state index contributed by atoms with van der Waals surface area (Å²) in [7, 11) is 1.38. The van der Waals surface area contributed by atoms with Crippen LogP contribution >= 0.6 is 0 Å². The molecule has 4 heteroatoms. The average molecular weight is 219 g/mol. The quantitative estimate of drug-likeness (QED) is 0.574. The van der Waals surface area contributed by atoms with E-state index in [0.717, 1.165) is 5.46 Å². The third-order valence-corrected chi connectivity index (χ3v) is 2.31. The van der Waals surface area contributed by atoms with Crippen molar-refractivity contribution in [2.45, 2.75) is 26.9 Å². The van der Waals surface area contributed by atoms with E-state index >= 15 is 0 Å². The Morgan fingerprint density at radius 2 is 1.81 bits per heavy atom. The van der Waals surface area contributed by atoms with Gasteiger partial charge in [-0.1, -0.05) is 44.2 Å². The summed E-state index contributed by atoms with van der Waals surface area (Å²) in [5, 5.41) is 0. The monoisotopic (exact) mass is 219 g/mol. The molecule has 16 heavy (non-hydrogen) atoms. The molecule has 0 aliphatic carbocycles. The van der Waals surface area contributed by atoms with Crippen LogP contribution in [0.1, 0.15) is 20.8 Å². The normalized spacial score (nSPS) is 12.0. The summed E-state index contributed by atoms with van der Waals surface area (Å²) in [6.45, 7) is 5.81. The lowest BCUT2D eigenvalue weighted by molar-refractivity contribution is 0.0479. The Bertz CT molecular complexity index is 324. The SMILES string of the molecule is CC(C)C(C)OC(=O)O[B]c1ccccc1. The highest BCUT2D eigenvalue weighted by Crippen LogP contribution is 2.05. The number of benzene rings is 1. The third kappa shape index (κ3) is 4.38. The lowest BCUT2D eigenvalue weighted by Gasteiger charge is -2.16. The van der Waals surface area contributed by atoms with Crippen LogP contribution in [0.4, 0.5) is 4.79 Å². The van der Waals surface area contributed by atoms with Crippen LogP contribution in [-0.2, 0) is 9.39 Å². The number of ether oxygens (including phenoxy) is 1. The molecule has 1 unspecified atom stereocenters. The van der Waals surface area contributed by atoms with Gasteiger partial charge in [0.15, 0.2) is 0 Å². The van der Waals surface area contributed by atoms with E-state index in [-0.39, 0.29) is 12.0 Å². The zero-order valence-corrected chi connectivity index (χ0v) is 9.84. The second-order valence-electron chi connectivity index (χ2n) is 3.96. The Labute approximate surface area is 97.0 Å². The van der Waals surface area contributed by atoms with E-state index in [0.29, 0.717) is 0 Å². The summed E-state index contributed by atoms with van der Waals surface area (Å²) >= 11 is 0. The zero-order valence-electron chi connectivity index (χ0n) is 9.84. The summed E-state index contributed by atoms with van der Waals surface area (Å²) in [5.74, 6) is 0.282. The number of carbonyl (C=O) groups excluding carboxylic acids is 1. The van der Waals surface area contributed by atoms with Gasteiger partial charge in [-0.2, -0.15) is 0 Å². The minimum Gasteiger partial charge on any atom is -0.503 e. The zero-order chi connectivity index (χ0) is 12.0. The molecule has 0 aliphatic rings. The van der Waals surface area contributed by atoms with E-state index in [2.05, 4.69) is 0 Å². The van der Waals surface area contributed by atoms with Crippen LogP contribution in [0, 0.1) is 5.92 Å². The maximum Gasteiger partial charge on any atom is 0.490 e. The highest BCUT2D eigenvalue weighted by molar-refractivity contribution is 6.48. The van der Waals surface area contributed by atoms with E-state index in [1.54, 1.807) is 0 Å². The Kier molecular flexibility index (Phi) is 4.90. The fourth-order valence-electron chi connectivity index (χ4n) is 0.963. The minimum absolute atomic E-state index is 0.142. The van der Waals surface area contributed by atoms with Gasteiger partial charge in [-0.15, -0.1) is 0 Å². The van der Waals surface area contributed by atoms with Gasteiger partial charge in [-0.25, -0.2) is 4.79 Å². The summed E-state index contributed by atoms with van der Waals surface area (Å²) in [5.41, 5.74) is 0.830. The standard InChI is InChI=1S/C12H16BO3/c1-9(2)10(3)15-12(14)16-13-11-7-5-4-6-8-11/h4-10H,1-3H3. The van der Waals surface area contributed by atoms with Gasteiger partial charge in [0.25, 0.3) is 0 Å². The second-order valence-corrected chi connectivity index (χ2v) is 3.96. The molecule has 1 atom stereocenters. The van der Waals surface area contributed by atoms with Gasteiger partial charge >= 0.3 is 13.6 Å². The molecule has 0 spiro atoms. The van der Waals surface area contributed by atoms with Gasteiger partial charge in [0.1, 0.15) is 6.10 Å². The molecular weight excluding hydrogens is 203 g/mol. The predicted octanol–water partition coefficient (Wildman–Crippen LogP) is 2.13. The molecule has 1 rings (SSSR count). The Balaban J connectivity index is 2.31. The van der Waals surface area contributed by atoms with Crippen molar-refractivity contribution in [3.63, 3.8) is 0 Å². The molecular formula is C12H16BO3. The molecule has 1 radical (unpaired) electrons. The molecule has 0 fully saturated rings. The number of carbonyl (C=O) groups is 1. The molecule has 0 saturated heterocycles. The predicted molar refractivity (Wildman–Crippen MR) is 63.7 cm³/mol. The van der Waals surface area contributed by atoms with Gasteiger partial charge in [0.05, 0.1) is 0 Å². The molecule has 1 aromatic carbocycles. The van der Waals surface area contributed by atoms with E-state index < -0.39 is 6.16 Å². The number of hydrogen-bond acceptors (Lipinski definition) is 3. The molecule has 0 amide bonds. The summed E-state index contributed by atoms with van der Waals surface area (Å²) in [4.78, 5) is 11.3. The number of rotatable bonds is 4. The lowest BCUT2D eigenvalue weighted by atomic mass is 9.88.